The van der Waals surface area contributed by atoms with Crippen molar-refractivity contribution in [3.8, 4) is 0 Å². The van der Waals surface area contributed by atoms with Gasteiger partial charge >= 0.3 is 0 Å². The number of nitrogens with one attached hydrogen (secondary N) is 1. The zero-order chi connectivity index (χ0) is 11.1. The fourth-order valence-electron chi connectivity index (χ4n) is 1.65. The summed E-state index contributed by atoms with van der Waals surface area (Å²) in [6, 6.07) is 4.39. The van der Waals surface area contributed by atoms with Crippen LogP contribution in [-0.2, 0) is 0 Å². The van der Waals surface area contributed by atoms with E-state index in [1.54, 1.807) is 6.07 Å². The van der Waals surface area contributed by atoms with Gasteiger partial charge in [0.25, 0.3) is 0 Å². The fraction of sp³-hybridized carbons (Fsp3) is 0.500. The summed E-state index contributed by atoms with van der Waals surface area (Å²) in [7, 11) is 0. The van der Waals surface area contributed by atoms with E-state index in [9.17, 15) is 8.78 Å². The summed E-state index contributed by atoms with van der Waals surface area (Å²) in [5.41, 5.74) is 0.509. The first kappa shape index (κ1) is 10.4. The second kappa shape index (κ2) is 3.47. The van der Waals surface area contributed by atoms with Crippen LogP contribution in [0, 0.1) is 17.0 Å². The molecule has 0 aromatic heterocycles. The van der Waals surface area contributed by atoms with Crippen LogP contribution in [0.25, 0.3) is 0 Å². The molecule has 0 saturated heterocycles. The molecule has 82 valence electrons. The van der Waals surface area contributed by atoms with Gasteiger partial charge < -0.3 is 5.32 Å². The van der Waals surface area contributed by atoms with E-state index in [2.05, 4.69) is 12.2 Å². The van der Waals surface area contributed by atoms with Crippen LogP contribution in [0.4, 0.5) is 14.5 Å². The first-order valence-electron chi connectivity index (χ1n) is 5.23. The summed E-state index contributed by atoms with van der Waals surface area (Å²) in [5, 5.41) is 3.04. The van der Waals surface area contributed by atoms with E-state index in [0.29, 0.717) is 0 Å². The molecule has 2 rings (SSSR count). The van der Waals surface area contributed by atoms with Gasteiger partial charge in [0.05, 0.1) is 5.69 Å². The van der Waals surface area contributed by atoms with Gasteiger partial charge in [0.2, 0.25) is 0 Å². The molecule has 1 aliphatic carbocycles. The molecule has 1 unspecified atom stereocenters. The van der Waals surface area contributed by atoms with E-state index in [1.165, 1.54) is 6.07 Å². The van der Waals surface area contributed by atoms with Crippen LogP contribution >= 0.6 is 0 Å². The molecule has 1 aromatic rings. The molecular formula is C12H15F2N. The van der Waals surface area contributed by atoms with Crippen molar-refractivity contribution in [3.63, 3.8) is 0 Å². The summed E-state index contributed by atoms with van der Waals surface area (Å²) < 4.78 is 26.3. The molecule has 0 radical (unpaired) electrons. The largest absolute Gasteiger partial charge is 0.380 e. The van der Waals surface area contributed by atoms with Gasteiger partial charge in [-0.05, 0) is 37.3 Å². The van der Waals surface area contributed by atoms with Crippen molar-refractivity contribution >= 4 is 5.69 Å². The predicted molar refractivity (Wildman–Crippen MR) is 56.8 cm³/mol. The van der Waals surface area contributed by atoms with Crippen LogP contribution in [0.3, 0.4) is 0 Å². The van der Waals surface area contributed by atoms with Crippen LogP contribution in [0.15, 0.2) is 18.2 Å². The Morgan fingerprint density at radius 2 is 2.00 bits per heavy atom. The monoisotopic (exact) mass is 211 g/mol. The maximum atomic E-state index is 13.3. The Bertz CT molecular complexity index is 372. The standard InChI is InChI=1S/C12H15F2N/c1-8(12(2)6-7-12)15-10-5-3-4-9(13)11(10)14/h3-5,8,15H,6-7H2,1-2H3. The van der Waals surface area contributed by atoms with E-state index < -0.39 is 11.6 Å². The average Bonchev–Trinajstić information content (AvgIpc) is 2.93. The Morgan fingerprint density at radius 3 is 2.60 bits per heavy atom. The number of hydrogen-bond donors (Lipinski definition) is 1. The van der Waals surface area contributed by atoms with Crippen LogP contribution in [0.5, 0.6) is 0 Å². The highest BCUT2D eigenvalue weighted by molar-refractivity contribution is 5.46. The lowest BCUT2D eigenvalue weighted by Gasteiger charge is -2.21. The highest BCUT2D eigenvalue weighted by atomic mass is 19.2. The zero-order valence-electron chi connectivity index (χ0n) is 8.98. The number of hydrogen-bond acceptors (Lipinski definition) is 1. The highest BCUT2D eigenvalue weighted by Gasteiger charge is 2.42. The molecule has 1 aliphatic rings. The average molecular weight is 211 g/mol. The minimum absolute atomic E-state index is 0.175. The van der Waals surface area contributed by atoms with Crippen molar-refractivity contribution in [1.29, 1.82) is 0 Å². The van der Waals surface area contributed by atoms with Gasteiger partial charge in [0, 0.05) is 6.04 Å². The molecule has 1 atom stereocenters. The van der Waals surface area contributed by atoms with E-state index >= 15 is 0 Å². The predicted octanol–water partition coefficient (Wildman–Crippen LogP) is 3.57. The maximum Gasteiger partial charge on any atom is 0.181 e. The van der Waals surface area contributed by atoms with Crippen molar-refractivity contribution in [2.45, 2.75) is 32.7 Å². The SMILES string of the molecule is CC(Nc1cccc(F)c1F)C1(C)CC1. The first-order chi connectivity index (χ1) is 7.03. The Morgan fingerprint density at radius 1 is 1.33 bits per heavy atom. The summed E-state index contributed by atoms with van der Waals surface area (Å²) in [5.74, 6) is -1.58. The molecule has 1 fully saturated rings. The molecule has 0 amide bonds. The molecular weight excluding hydrogens is 196 g/mol. The van der Waals surface area contributed by atoms with E-state index in [4.69, 9.17) is 0 Å². The second-order valence-corrected chi connectivity index (χ2v) is 4.62. The lowest BCUT2D eigenvalue weighted by Crippen LogP contribution is -2.25. The third-order valence-corrected chi connectivity index (χ3v) is 3.41. The Kier molecular flexibility index (Phi) is 2.41. The van der Waals surface area contributed by atoms with Crippen molar-refractivity contribution < 1.29 is 8.78 Å². The molecule has 15 heavy (non-hydrogen) atoms. The van der Waals surface area contributed by atoms with Crippen molar-refractivity contribution in [3.05, 3.63) is 29.8 Å². The van der Waals surface area contributed by atoms with Gasteiger partial charge in [-0.1, -0.05) is 13.0 Å². The Balaban J connectivity index is 2.14. The van der Waals surface area contributed by atoms with Crippen molar-refractivity contribution in [2.75, 3.05) is 5.32 Å². The summed E-state index contributed by atoms with van der Waals surface area (Å²) in [6.07, 6.45) is 2.30. The third kappa shape index (κ3) is 1.96. The van der Waals surface area contributed by atoms with Crippen molar-refractivity contribution in [2.24, 2.45) is 5.41 Å². The minimum atomic E-state index is -0.798. The van der Waals surface area contributed by atoms with E-state index in [0.717, 1.165) is 18.9 Å². The van der Waals surface area contributed by atoms with Gasteiger partial charge in [-0.2, -0.15) is 0 Å². The lowest BCUT2D eigenvalue weighted by atomic mass is 10.0. The van der Waals surface area contributed by atoms with Gasteiger partial charge in [-0.15, -0.1) is 0 Å². The normalized spacial score (nSPS) is 19.7. The number of halogens is 2. The number of rotatable bonds is 3. The second-order valence-electron chi connectivity index (χ2n) is 4.62. The van der Waals surface area contributed by atoms with Gasteiger partial charge in [0.1, 0.15) is 0 Å². The Labute approximate surface area is 88.5 Å². The van der Waals surface area contributed by atoms with Crippen LogP contribution < -0.4 is 5.32 Å². The molecule has 0 bridgehead atoms. The molecule has 0 heterocycles. The lowest BCUT2D eigenvalue weighted by molar-refractivity contribution is 0.480. The molecule has 0 spiro atoms. The molecule has 0 aliphatic heterocycles. The summed E-state index contributed by atoms with van der Waals surface area (Å²) >= 11 is 0. The van der Waals surface area contributed by atoms with Gasteiger partial charge in [-0.25, -0.2) is 8.78 Å². The fourth-order valence-corrected chi connectivity index (χ4v) is 1.65. The smallest absolute Gasteiger partial charge is 0.181 e. The molecule has 3 heteroatoms. The topological polar surface area (TPSA) is 12.0 Å². The first-order valence-corrected chi connectivity index (χ1v) is 5.23. The van der Waals surface area contributed by atoms with Gasteiger partial charge in [0.15, 0.2) is 11.6 Å². The summed E-state index contributed by atoms with van der Waals surface area (Å²) in [4.78, 5) is 0. The molecule has 1 nitrogen and oxygen atoms in total. The molecule has 1 N–H and O–H groups in total. The highest BCUT2D eigenvalue weighted by Crippen LogP contribution is 2.48. The maximum absolute atomic E-state index is 13.3. The third-order valence-electron chi connectivity index (χ3n) is 3.41. The number of anilines is 1. The molecule has 1 aromatic carbocycles. The molecule has 1 saturated carbocycles. The zero-order valence-corrected chi connectivity index (χ0v) is 8.98. The quantitative estimate of drug-likeness (QED) is 0.806. The van der Waals surface area contributed by atoms with Gasteiger partial charge in [-0.3, -0.25) is 0 Å². The summed E-state index contributed by atoms with van der Waals surface area (Å²) in [6.45, 7) is 4.17. The van der Waals surface area contributed by atoms with Crippen LogP contribution in [-0.4, -0.2) is 6.04 Å². The van der Waals surface area contributed by atoms with Crippen LogP contribution in [0.2, 0.25) is 0 Å². The van der Waals surface area contributed by atoms with E-state index in [1.807, 2.05) is 6.92 Å². The van der Waals surface area contributed by atoms with Crippen LogP contribution in [0.1, 0.15) is 26.7 Å². The minimum Gasteiger partial charge on any atom is -0.380 e. The van der Waals surface area contributed by atoms with E-state index in [-0.39, 0.29) is 17.1 Å². The number of benzene rings is 1. The Hall–Kier alpha value is -1.12. The van der Waals surface area contributed by atoms with Crippen molar-refractivity contribution in [1.82, 2.24) is 0 Å².